The minimum atomic E-state index is -0.571. The lowest BCUT2D eigenvalue weighted by molar-refractivity contribution is -0.115. The topological polar surface area (TPSA) is 70.6 Å². The molecule has 2 unspecified atom stereocenters. The van der Waals surface area contributed by atoms with Crippen LogP contribution in [0.1, 0.15) is 0 Å². The van der Waals surface area contributed by atoms with Crippen LogP contribution < -0.4 is 10.7 Å². The van der Waals surface area contributed by atoms with Gasteiger partial charge in [-0.2, -0.15) is 5.10 Å². The van der Waals surface area contributed by atoms with Gasteiger partial charge in [-0.3, -0.25) is 5.43 Å². The second-order valence-corrected chi connectivity index (χ2v) is 1.82. The Morgan fingerprint density at radius 1 is 1.30 bits per heavy atom. The first-order valence-corrected chi connectivity index (χ1v) is 2.75. The van der Waals surface area contributed by atoms with Crippen molar-refractivity contribution in [2.24, 2.45) is 5.10 Å². The summed E-state index contributed by atoms with van der Waals surface area (Å²) in [5, 5.41) is 5.92. The van der Waals surface area contributed by atoms with Gasteiger partial charge in [0.25, 0.3) is 0 Å². The van der Waals surface area contributed by atoms with Crippen molar-refractivity contribution < 1.29 is 9.59 Å². The summed E-state index contributed by atoms with van der Waals surface area (Å²) in [5.74, 6) is 0. The zero-order valence-electron chi connectivity index (χ0n) is 5.07. The molecule has 0 bridgehead atoms. The number of rotatable bonds is 2. The summed E-state index contributed by atoms with van der Waals surface area (Å²) >= 11 is 0. The Balaban J connectivity index is 2.61. The molecule has 1 aliphatic heterocycles. The lowest BCUT2D eigenvalue weighted by Crippen LogP contribution is -2.51. The predicted octanol–water partition coefficient (Wildman–Crippen LogP) is -1.87. The van der Waals surface area contributed by atoms with Crippen LogP contribution >= 0.6 is 0 Å². The molecule has 0 aromatic rings. The van der Waals surface area contributed by atoms with Gasteiger partial charge in [-0.05, 0) is 0 Å². The summed E-state index contributed by atoms with van der Waals surface area (Å²) in [6.07, 6.45) is 3.58. The number of aldehydes is 2. The highest BCUT2D eigenvalue weighted by molar-refractivity contribution is 5.76. The van der Waals surface area contributed by atoms with E-state index >= 15 is 0 Å². The summed E-state index contributed by atoms with van der Waals surface area (Å²) < 4.78 is 0. The molecule has 10 heavy (non-hydrogen) atoms. The Bertz CT molecular complexity index is 150. The van der Waals surface area contributed by atoms with E-state index in [2.05, 4.69) is 22.2 Å². The number of carbonyl (C=O) groups is 2. The first-order valence-electron chi connectivity index (χ1n) is 2.75. The molecule has 0 aliphatic carbocycles. The molecule has 0 aromatic heterocycles. The summed E-state index contributed by atoms with van der Waals surface area (Å²) in [7, 11) is 0. The average Bonchev–Trinajstić information content (AvgIpc) is 2.04. The normalized spacial score (nSPS) is 30.0. The van der Waals surface area contributed by atoms with E-state index in [9.17, 15) is 9.59 Å². The minimum absolute atomic E-state index is 0.546. The van der Waals surface area contributed by atoms with Gasteiger partial charge in [-0.1, -0.05) is 0 Å². The molecule has 5 heteroatoms. The number of hydrogen-bond donors (Lipinski definition) is 2. The second-order valence-electron chi connectivity index (χ2n) is 1.82. The third kappa shape index (κ3) is 1.12. The van der Waals surface area contributed by atoms with Gasteiger partial charge >= 0.3 is 0 Å². The quantitative estimate of drug-likeness (QED) is 0.441. The Hall–Kier alpha value is -1.39. The first-order chi connectivity index (χ1) is 4.88. The summed E-state index contributed by atoms with van der Waals surface area (Å²) in [6.45, 7) is 0. The van der Waals surface area contributed by atoms with Crippen LogP contribution in [-0.2, 0) is 9.59 Å². The van der Waals surface area contributed by atoms with Crippen molar-refractivity contribution in [2.45, 2.75) is 12.1 Å². The Labute approximate surface area is 57.5 Å². The molecule has 0 saturated carbocycles. The molecule has 0 saturated heterocycles. The lowest BCUT2D eigenvalue weighted by Gasteiger charge is -2.19. The van der Waals surface area contributed by atoms with Gasteiger partial charge < -0.3 is 14.9 Å². The number of nitrogens with one attached hydrogen (secondary N) is 2. The highest BCUT2D eigenvalue weighted by Gasteiger charge is 2.21. The lowest BCUT2D eigenvalue weighted by atomic mass is 10.1. The molecule has 1 aliphatic rings. The highest BCUT2D eigenvalue weighted by atomic mass is 16.1. The maximum atomic E-state index is 10.2. The fraction of sp³-hybridized carbons (Fsp3) is 0.400. The monoisotopic (exact) mass is 140 g/mol. The molecule has 2 atom stereocenters. The van der Waals surface area contributed by atoms with E-state index in [0.717, 1.165) is 0 Å². The molecule has 53 valence electrons. The van der Waals surface area contributed by atoms with E-state index in [1.807, 2.05) is 0 Å². The van der Waals surface area contributed by atoms with E-state index in [0.29, 0.717) is 12.6 Å². The third-order valence-electron chi connectivity index (χ3n) is 1.18. The molecule has 1 heterocycles. The van der Waals surface area contributed by atoms with Gasteiger partial charge in [0.15, 0.2) is 6.34 Å². The maximum absolute atomic E-state index is 10.2. The Morgan fingerprint density at radius 2 is 2.00 bits per heavy atom. The molecule has 0 fully saturated rings. The summed E-state index contributed by atoms with van der Waals surface area (Å²) in [6, 6.07) is -1.12. The fourth-order valence-corrected chi connectivity index (χ4v) is 0.617. The van der Waals surface area contributed by atoms with E-state index in [1.54, 1.807) is 0 Å². The van der Waals surface area contributed by atoms with Crippen molar-refractivity contribution in [1.82, 2.24) is 10.7 Å². The van der Waals surface area contributed by atoms with E-state index < -0.39 is 12.1 Å². The number of nitrogens with zero attached hydrogens (tertiary/aromatic N) is 1. The summed E-state index contributed by atoms with van der Waals surface area (Å²) in [5.41, 5.74) is 2.42. The molecule has 1 radical (unpaired) electrons. The molecule has 1 rings (SSSR count). The van der Waals surface area contributed by atoms with Crippen LogP contribution in [0.4, 0.5) is 0 Å². The number of carbonyl (C=O) groups excluding carboxylic acids is 2. The Morgan fingerprint density at radius 3 is 2.50 bits per heavy atom. The SMILES string of the molecule is O=CC1N[C]=NNC1C=O. The molecule has 0 spiro atoms. The van der Waals surface area contributed by atoms with E-state index in [1.165, 1.54) is 0 Å². The first kappa shape index (κ1) is 6.73. The van der Waals surface area contributed by atoms with Crippen LogP contribution in [0, 0.1) is 0 Å². The van der Waals surface area contributed by atoms with E-state index in [4.69, 9.17) is 0 Å². The molecule has 5 nitrogen and oxygen atoms in total. The molecular formula is C5H6N3O2. The zero-order chi connectivity index (χ0) is 7.40. The largest absolute Gasteiger partial charge is 0.354 e. The second kappa shape index (κ2) is 2.95. The van der Waals surface area contributed by atoms with Gasteiger partial charge in [-0.25, -0.2) is 0 Å². The van der Waals surface area contributed by atoms with Crippen molar-refractivity contribution in [3.63, 3.8) is 0 Å². The van der Waals surface area contributed by atoms with Crippen LogP contribution in [0.3, 0.4) is 0 Å². The van der Waals surface area contributed by atoms with Crippen LogP contribution in [0.25, 0.3) is 0 Å². The number of hydrogen-bond acceptors (Lipinski definition) is 5. The van der Waals surface area contributed by atoms with Crippen LogP contribution in [0.2, 0.25) is 0 Å². The van der Waals surface area contributed by atoms with Gasteiger partial charge in [0.1, 0.15) is 24.7 Å². The van der Waals surface area contributed by atoms with Crippen molar-refractivity contribution in [1.29, 1.82) is 0 Å². The molecular weight excluding hydrogens is 134 g/mol. The van der Waals surface area contributed by atoms with Crippen molar-refractivity contribution in [3.8, 4) is 0 Å². The maximum Gasteiger partial charge on any atom is 0.191 e. The van der Waals surface area contributed by atoms with Crippen LogP contribution in [0.15, 0.2) is 5.10 Å². The van der Waals surface area contributed by atoms with Gasteiger partial charge in [0.05, 0.1) is 0 Å². The van der Waals surface area contributed by atoms with Crippen LogP contribution in [-0.4, -0.2) is 31.0 Å². The minimum Gasteiger partial charge on any atom is -0.354 e. The zero-order valence-corrected chi connectivity index (χ0v) is 5.07. The smallest absolute Gasteiger partial charge is 0.191 e. The van der Waals surface area contributed by atoms with Crippen molar-refractivity contribution >= 4 is 18.9 Å². The van der Waals surface area contributed by atoms with Crippen molar-refractivity contribution in [2.75, 3.05) is 0 Å². The average molecular weight is 140 g/mol. The Kier molecular flexibility index (Phi) is 1.99. The number of hydrazone groups is 1. The highest BCUT2D eigenvalue weighted by Crippen LogP contribution is 1.89. The van der Waals surface area contributed by atoms with Crippen LogP contribution in [0.5, 0.6) is 0 Å². The fourth-order valence-electron chi connectivity index (χ4n) is 0.617. The molecule has 2 N–H and O–H groups in total. The van der Waals surface area contributed by atoms with Gasteiger partial charge in [-0.15, -0.1) is 0 Å². The molecule has 0 aromatic carbocycles. The predicted molar refractivity (Wildman–Crippen MR) is 33.4 cm³/mol. The molecule has 0 amide bonds. The van der Waals surface area contributed by atoms with E-state index in [-0.39, 0.29) is 0 Å². The van der Waals surface area contributed by atoms with Gasteiger partial charge in [0, 0.05) is 0 Å². The van der Waals surface area contributed by atoms with Gasteiger partial charge in [0.2, 0.25) is 0 Å². The standard InChI is InChI=1S/C5H6N3O2/c9-1-4-5(2-10)8-7-3-6-4/h1-2,4-5,8H,(H,6,7). The van der Waals surface area contributed by atoms with Crippen molar-refractivity contribution in [3.05, 3.63) is 0 Å². The third-order valence-corrected chi connectivity index (χ3v) is 1.18. The summed E-state index contributed by atoms with van der Waals surface area (Å²) in [4.78, 5) is 20.4.